The number of hydrazine groups is 1. The molecule has 13 nitrogen and oxygen atoms in total. The van der Waals surface area contributed by atoms with Gasteiger partial charge in [-0.25, -0.2) is 24.0 Å². The van der Waals surface area contributed by atoms with Crippen LogP contribution in [0.5, 0.6) is 5.75 Å². The molecule has 6 rings (SSSR count). The summed E-state index contributed by atoms with van der Waals surface area (Å²) >= 11 is 0. The number of likely N-dealkylation sites (tertiary alicyclic amines) is 1. The van der Waals surface area contributed by atoms with E-state index in [1.54, 1.807) is 28.9 Å². The van der Waals surface area contributed by atoms with E-state index in [0.717, 1.165) is 51.3 Å². The van der Waals surface area contributed by atoms with Crippen LogP contribution in [0.2, 0.25) is 0 Å². The highest BCUT2D eigenvalue weighted by atomic mass is 32.2. The van der Waals surface area contributed by atoms with Gasteiger partial charge in [0, 0.05) is 35.8 Å². The van der Waals surface area contributed by atoms with E-state index in [4.69, 9.17) is 9.84 Å². The Kier molecular flexibility index (Phi) is 9.32. The van der Waals surface area contributed by atoms with Crippen LogP contribution < -0.4 is 20.1 Å². The molecule has 0 radical (unpaired) electrons. The van der Waals surface area contributed by atoms with Gasteiger partial charge in [-0.2, -0.15) is 13.5 Å². The molecule has 2 saturated heterocycles. The normalized spacial score (nSPS) is 17.0. The average Bonchev–Trinajstić information content (AvgIpc) is 3.56. The molecule has 3 N–H and O–H groups in total. The van der Waals surface area contributed by atoms with Crippen molar-refractivity contribution in [1.82, 2.24) is 28.8 Å². The lowest BCUT2D eigenvalue weighted by atomic mass is 9.92. The van der Waals surface area contributed by atoms with Crippen molar-refractivity contribution in [2.75, 3.05) is 43.9 Å². The summed E-state index contributed by atoms with van der Waals surface area (Å²) < 4.78 is 35.4. The second-order valence-corrected chi connectivity index (χ2v) is 14.7. The van der Waals surface area contributed by atoms with Gasteiger partial charge in [0.1, 0.15) is 18.2 Å². The lowest BCUT2D eigenvalue weighted by Crippen LogP contribution is -2.36. The average molecular weight is 675 g/mol. The third-order valence-corrected chi connectivity index (χ3v) is 9.95. The van der Waals surface area contributed by atoms with E-state index in [2.05, 4.69) is 15.5 Å². The maximum Gasteiger partial charge on any atom is 0.347 e. The molecule has 48 heavy (non-hydrogen) atoms. The van der Waals surface area contributed by atoms with Gasteiger partial charge in [0.2, 0.25) is 0 Å². The van der Waals surface area contributed by atoms with E-state index < -0.39 is 22.3 Å². The molecule has 3 aromatic carbocycles. The van der Waals surface area contributed by atoms with E-state index in [-0.39, 0.29) is 12.0 Å². The summed E-state index contributed by atoms with van der Waals surface area (Å²) in [6.45, 7) is 9.81. The zero-order valence-corrected chi connectivity index (χ0v) is 28.5. The molecule has 0 atom stereocenters. The summed E-state index contributed by atoms with van der Waals surface area (Å²) in [7, 11) is -2.56. The molecule has 1 aromatic heterocycles. The maximum absolute atomic E-state index is 13.5. The van der Waals surface area contributed by atoms with Gasteiger partial charge in [0.15, 0.2) is 0 Å². The van der Waals surface area contributed by atoms with Crippen LogP contribution in [-0.4, -0.2) is 77.9 Å². The van der Waals surface area contributed by atoms with Crippen LogP contribution in [0.15, 0.2) is 66.7 Å². The van der Waals surface area contributed by atoms with Crippen molar-refractivity contribution < 1.29 is 22.7 Å². The molecule has 0 bridgehead atoms. The highest BCUT2D eigenvalue weighted by Gasteiger charge is 2.38. The Balaban J connectivity index is 1.18. The van der Waals surface area contributed by atoms with Crippen molar-refractivity contribution >= 4 is 44.5 Å². The van der Waals surface area contributed by atoms with E-state index >= 15 is 0 Å². The summed E-state index contributed by atoms with van der Waals surface area (Å²) in [6.07, 6.45) is 3.78. The Morgan fingerprint density at radius 1 is 0.958 bits per heavy atom. The fraction of sp³-hybridized carbons (Fsp3) is 0.382. The van der Waals surface area contributed by atoms with Gasteiger partial charge in [-0.15, -0.1) is 0 Å². The number of hydrogen-bond acceptors (Lipinski definition) is 7. The van der Waals surface area contributed by atoms with E-state index in [9.17, 15) is 18.0 Å². The molecule has 4 aromatic rings. The zero-order chi connectivity index (χ0) is 34.1. The van der Waals surface area contributed by atoms with E-state index in [0.29, 0.717) is 29.4 Å². The molecule has 0 unspecified atom stereocenters. The lowest BCUT2D eigenvalue weighted by molar-refractivity contribution is 0.132. The van der Waals surface area contributed by atoms with Gasteiger partial charge >= 0.3 is 22.3 Å². The van der Waals surface area contributed by atoms with Gasteiger partial charge in [-0.05, 0) is 55.8 Å². The smallest absolute Gasteiger partial charge is 0.347 e. The third kappa shape index (κ3) is 7.25. The highest BCUT2D eigenvalue weighted by molar-refractivity contribution is 7.88. The van der Waals surface area contributed by atoms with Crippen molar-refractivity contribution in [2.45, 2.75) is 52.0 Å². The summed E-state index contributed by atoms with van der Waals surface area (Å²) in [5, 5.41) is 13.6. The molecular formula is C34H42N8O5S. The van der Waals surface area contributed by atoms with Crippen molar-refractivity contribution in [1.29, 1.82) is 0 Å². The Hall–Kier alpha value is -4.66. The highest BCUT2D eigenvalue weighted by Crippen LogP contribution is 2.32. The monoisotopic (exact) mass is 674 g/mol. The zero-order valence-electron chi connectivity index (χ0n) is 27.7. The van der Waals surface area contributed by atoms with Crippen LogP contribution in [0.1, 0.15) is 51.3 Å². The molecule has 14 heteroatoms. The number of anilines is 2. The molecule has 3 heterocycles. The van der Waals surface area contributed by atoms with Crippen molar-refractivity contribution in [2.24, 2.45) is 0 Å². The Morgan fingerprint density at radius 2 is 1.67 bits per heavy atom. The van der Waals surface area contributed by atoms with Crippen LogP contribution in [0.4, 0.5) is 21.1 Å². The fourth-order valence-electron chi connectivity index (χ4n) is 5.86. The van der Waals surface area contributed by atoms with Gasteiger partial charge in [0.25, 0.3) is 0 Å². The number of carbonyl (C=O) groups excluding carboxylic acids is 2. The first-order valence-electron chi connectivity index (χ1n) is 16.1. The number of nitrogens with zero attached hydrogens (tertiary/aromatic N) is 5. The molecular weight excluding hydrogens is 632 g/mol. The quantitative estimate of drug-likeness (QED) is 0.215. The number of aromatic nitrogens is 2. The summed E-state index contributed by atoms with van der Waals surface area (Å²) in [5.41, 5.74) is 2.44. The van der Waals surface area contributed by atoms with Crippen LogP contribution in [0.25, 0.3) is 16.5 Å². The summed E-state index contributed by atoms with van der Waals surface area (Å²) in [4.78, 5) is 27.8. The fourth-order valence-corrected chi connectivity index (χ4v) is 7.03. The molecule has 0 saturated carbocycles. The number of nitrogens with one attached hydrogen (secondary N) is 3. The Bertz CT molecular complexity index is 1910. The molecule has 2 aliphatic rings. The minimum absolute atomic E-state index is 0.0338. The van der Waals surface area contributed by atoms with Gasteiger partial charge in [-0.1, -0.05) is 68.0 Å². The SMILES string of the molecule is CN1C(=O)NS(=O)(=O)N1Cc1ccc(-n2nc(C(C)(C)C)cc2NC(=O)Nc2ccc(OCCN3CCCCC3)c3ccccc23)cc1. The predicted octanol–water partition coefficient (Wildman–Crippen LogP) is 5.45. The van der Waals surface area contributed by atoms with Crippen molar-refractivity contribution in [3.8, 4) is 11.4 Å². The first-order chi connectivity index (χ1) is 22.9. The molecule has 2 fully saturated rings. The maximum atomic E-state index is 13.5. The summed E-state index contributed by atoms with van der Waals surface area (Å²) in [6, 6.07) is 19.4. The number of urea groups is 2. The van der Waals surface area contributed by atoms with E-state index in [1.807, 2.05) is 68.0 Å². The minimum atomic E-state index is -3.95. The second-order valence-electron chi connectivity index (χ2n) is 13.1. The number of hydrogen-bond donors (Lipinski definition) is 3. The topological polar surface area (TPSA) is 141 Å². The number of amides is 4. The number of piperidine rings is 1. The largest absolute Gasteiger partial charge is 0.492 e. The van der Waals surface area contributed by atoms with Gasteiger partial charge < -0.3 is 10.1 Å². The number of benzene rings is 3. The van der Waals surface area contributed by atoms with Crippen LogP contribution in [-0.2, 0) is 22.2 Å². The van der Waals surface area contributed by atoms with Gasteiger partial charge in [-0.3, -0.25) is 10.2 Å². The number of ether oxygens (including phenoxy) is 1. The molecule has 2 aliphatic heterocycles. The second kappa shape index (κ2) is 13.5. The third-order valence-electron chi connectivity index (χ3n) is 8.59. The minimum Gasteiger partial charge on any atom is -0.492 e. The van der Waals surface area contributed by atoms with Crippen LogP contribution in [0.3, 0.4) is 0 Å². The first kappa shape index (κ1) is 33.2. The van der Waals surface area contributed by atoms with Crippen LogP contribution >= 0.6 is 0 Å². The molecule has 254 valence electrons. The number of fused-ring (bicyclic) bond motifs is 1. The standard InChI is InChI=1S/C34H42N8O5S/c1-34(2,3)30-22-31(42(37-30)25-14-12-24(13-15-25)23-41-39(4)33(44)38-48(41,45)46)36-32(43)35-28-16-17-29(27-11-7-6-10-26(27)28)47-21-20-40-18-8-5-9-19-40/h6-7,10-17,22H,5,8-9,18-21,23H2,1-4H3,(H,38,44)(H2,35,36,43). The number of rotatable bonds is 9. The van der Waals surface area contributed by atoms with Gasteiger partial charge in [0.05, 0.1) is 23.6 Å². The predicted molar refractivity (Wildman–Crippen MR) is 185 cm³/mol. The first-order valence-corrected chi connectivity index (χ1v) is 17.6. The van der Waals surface area contributed by atoms with Crippen molar-refractivity contribution in [3.05, 3.63) is 78.0 Å². The van der Waals surface area contributed by atoms with E-state index in [1.165, 1.54) is 26.3 Å². The van der Waals surface area contributed by atoms with Crippen LogP contribution in [0, 0.1) is 0 Å². The summed E-state index contributed by atoms with van der Waals surface area (Å²) in [5.74, 6) is 1.24. The molecule has 4 amide bonds. The van der Waals surface area contributed by atoms with Crippen molar-refractivity contribution in [3.63, 3.8) is 0 Å². The number of carbonyl (C=O) groups is 2. The molecule has 0 spiro atoms. The molecule has 0 aliphatic carbocycles. The lowest BCUT2D eigenvalue weighted by Gasteiger charge is -2.26. The Labute approximate surface area is 281 Å². The Morgan fingerprint density at radius 3 is 2.33 bits per heavy atom.